The lowest BCUT2D eigenvalue weighted by Crippen LogP contribution is -2.64. The summed E-state index contributed by atoms with van der Waals surface area (Å²) in [6.45, 7) is -1.43. The Morgan fingerprint density at radius 1 is 0.619 bits per heavy atom. The summed E-state index contributed by atoms with van der Waals surface area (Å²) in [7, 11) is 0. The summed E-state index contributed by atoms with van der Waals surface area (Å²) in [4.78, 5) is 214. The molecular weight excluding hydrogens is 1620 g/mol. The topological polar surface area (TPSA) is 673 Å². The number of carbonyl (C=O) groups excluding carboxylic acids is 14. The van der Waals surface area contributed by atoms with Crippen LogP contribution in [-0.2, 0) is 96.0 Å². The van der Waals surface area contributed by atoms with E-state index >= 15 is 9.59 Å². The molecule has 1 fully saturated rings. The molecule has 1 aromatic heterocycles. The second-order valence-corrected chi connectivity index (χ2v) is 29.3. The highest BCUT2D eigenvalue weighted by Crippen LogP contribution is 2.27. The van der Waals surface area contributed by atoms with Gasteiger partial charge in [-0.1, -0.05) is 119 Å². The number of imidazole rings is 1. The second kappa shape index (κ2) is 44.2. The number of carbonyl (C=O) groups is 15. The van der Waals surface area contributed by atoms with Crippen molar-refractivity contribution < 1.29 is 132 Å². The summed E-state index contributed by atoms with van der Waals surface area (Å²) in [5, 5.41) is 138. The highest BCUT2D eigenvalue weighted by atomic mass is 79.9. The molecule has 26 N–H and O–H groups in total. The van der Waals surface area contributed by atoms with E-state index in [9.17, 15) is 113 Å². The number of ether oxygens (including phenoxy) is 1. The van der Waals surface area contributed by atoms with Gasteiger partial charge < -0.3 is 131 Å². The van der Waals surface area contributed by atoms with Gasteiger partial charge in [-0.15, -0.1) is 0 Å². The molecule has 43 heteroatoms. The van der Waals surface area contributed by atoms with Crippen LogP contribution in [0.15, 0.2) is 120 Å². The van der Waals surface area contributed by atoms with Crippen molar-refractivity contribution in [3.05, 3.63) is 142 Å². The molecule has 4 heterocycles. The van der Waals surface area contributed by atoms with E-state index in [2.05, 4.69) is 74.4 Å². The first kappa shape index (κ1) is 93.6. The predicted octanol–water partition coefficient (Wildman–Crippen LogP) is -9.67. The minimum atomic E-state index is -2.75. The molecule has 0 aliphatic carbocycles. The number of halogens is 1. The number of fused-ring (bicyclic) bond motifs is 2. The predicted molar refractivity (Wildman–Crippen MR) is 411 cm³/mol. The van der Waals surface area contributed by atoms with Gasteiger partial charge in [0, 0.05) is 36.1 Å². The third kappa shape index (κ3) is 27.0. The quantitative estimate of drug-likeness (QED) is 0.0345. The highest BCUT2D eigenvalue weighted by Gasteiger charge is 2.46. The Bertz CT molecular complexity index is 4330. The molecule has 14 amide bonds. The van der Waals surface area contributed by atoms with Gasteiger partial charge in [0.25, 0.3) is 5.91 Å². The van der Waals surface area contributed by atoms with E-state index in [0.29, 0.717) is 26.7 Å². The minimum Gasteiger partial charge on any atom is -0.480 e. The summed E-state index contributed by atoms with van der Waals surface area (Å²) >= 11 is 3.29. The van der Waals surface area contributed by atoms with Crippen LogP contribution < -0.4 is 79.8 Å². The molecule has 7 rings (SSSR count). The van der Waals surface area contributed by atoms with Gasteiger partial charge in [-0.05, 0) is 55.5 Å². The Kier molecular flexibility index (Phi) is 35.0. The second-order valence-electron chi connectivity index (χ2n) is 28.4. The van der Waals surface area contributed by atoms with Crippen LogP contribution in [0.4, 0.5) is 0 Å². The summed E-state index contributed by atoms with van der Waals surface area (Å²) in [6, 6.07) is -0.250. The average Bonchev–Trinajstić information content (AvgIpc) is 1.60. The van der Waals surface area contributed by atoms with Crippen LogP contribution in [0.1, 0.15) is 87.4 Å². The maximum absolute atomic E-state index is 15.3. The van der Waals surface area contributed by atoms with E-state index in [1.807, 2.05) is 5.32 Å². The summed E-state index contributed by atoms with van der Waals surface area (Å²) in [5.74, 6) is -22.5. The molecule has 4 bridgehead atoms. The van der Waals surface area contributed by atoms with E-state index in [1.54, 1.807) is 79.7 Å². The van der Waals surface area contributed by atoms with E-state index in [0.717, 1.165) is 28.6 Å². The van der Waals surface area contributed by atoms with E-state index < -0.39 is 281 Å². The number of nitrogens with two attached hydrogens (primary N) is 2. The van der Waals surface area contributed by atoms with Crippen molar-refractivity contribution in [2.45, 2.75) is 194 Å². The fraction of sp³-hybridized carbons (Fsp3) is 0.467. The number of carboxylic acids is 1. The van der Waals surface area contributed by atoms with Crippen LogP contribution in [-0.4, -0.2) is 280 Å². The van der Waals surface area contributed by atoms with E-state index in [-0.39, 0.29) is 12.1 Å². The molecule has 42 nitrogen and oxygen atoms in total. The largest absolute Gasteiger partial charge is 0.480 e. The van der Waals surface area contributed by atoms with E-state index in [1.165, 1.54) is 37.3 Å². The van der Waals surface area contributed by atoms with Gasteiger partial charge in [-0.25, -0.2) is 13.9 Å². The van der Waals surface area contributed by atoms with Crippen LogP contribution >= 0.6 is 15.9 Å². The number of rotatable bonds is 17. The Morgan fingerprint density at radius 2 is 1.19 bits per heavy atom. The molecule has 640 valence electrons. The first-order valence-corrected chi connectivity index (χ1v) is 38.0. The number of β-amino-alcohol motifs (C(OH)–C–C–N with tert-alkyl or cyclic N) is 1. The fourth-order valence-electron chi connectivity index (χ4n) is 12.7. The van der Waals surface area contributed by atoms with Gasteiger partial charge >= 0.3 is 5.97 Å². The summed E-state index contributed by atoms with van der Waals surface area (Å²) in [5.41, 5.74) is 12.5. The Morgan fingerprint density at radius 3 is 1.82 bits per heavy atom. The maximum atomic E-state index is 15.3. The number of amides is 14. The summed E-state index contributed by atoms with van der Waals surface area (Å²) in [6.07, 6.45) is -15.5. The number of hydrogen-bond acceptors (Lipinski definition) is 25. The molecular formula is C75H98BrN16O26+. The smallest absolute Gasteiger partial charge is 0.326 e. The van der Waals surface area contributed by atoms with Crippen molar-refractivity contribution in [2.75, 3.05) is 26.4 Å². The number of carboxylic acid groups (broad SMARTS) is 1. The fourth-order valence-corrected chi connectivity index (χ4v) is 12.9. The normalized spacial score (nSPS) is 28.0. The standard InChI is InChI=1S/C75H97BrN16O26/c1-35(17-18-38-11-6-4-7-12-38)23-51(96)44-27-56(101)81-49(31-93)68(110)86-48-30-91-29-42(92(34-91)74-62(104)60(102)53(98)33-118-74)25-46(65(107)89-58(37(3)95)72(114)87-50(32-94)69(111)84-45(64(106)83-44)24-39-13-8-5-9-14-39)80-55(100)16-10-15-43(75(116)117)82-70(112)52(97)28-79-71(113)57(36(2)40-19-21-41(76)22-20-40)88-73(115)59(61(103)63(78)105)90-66(108)47(26-54(77)99)85-67(48)109/h4-9,11-14,17-23,29,34,36-37,43-53,57-62,74,93-98,102-104H,10,15-16,24-28,30-33H2,1-3H3,(H16-,77,78,79,80,81,82,83,84,85,86,87,88,89,90,99,100,101,105,106,107,108,109,110,111,112,113,114,115,116,117)/p+1/b18-17+,35-23+/t36-,37-,43-,44+,45-,46-,47-,48+,49-,50-,51-,52+,53+,57-,58-,59-,60+,61+,62-,74-/m0/s1. The number of aliphatic carboxylic acids is 1. The number of aliphatic hydroxyl groups is 9. The lowest BCUT2D eigenvalue weighted by atomic mass is 9.92. The zero-order valence-electron chi connectivity index (χ0n) is 63.9. The van der Waals surface area contributed by atoms with Crippen LogP contribution in [0, 0.1) is 0 Å². The zero-order valence-corrected chi connectivity index (χ0v) is 65.5. The van der Waals surface area contributed by atoms with Crippen LogP contribution in [0.2, 0.25) is 0 Å². The van der Waals surface area contributed by atoms with Gasteiger partial charge in [0.05, 0.1) is 51.0 Å². The van der Waals surface area contributed by atoms with Crippen LogP contribution in [0.5, 0.6) is 0 Å². The first-order valence-electron chi connectivity index (χ1n) is 37.2. The van der Waals surface area contributed by atoms with Crippen LogP contribution in [0.25, 0.3) is 6.08 Å². The molecule has 0 spiro atoms. The average molecular weight is 1720 g/mol. The molecule has 118 heavy (non-hydrogen) atoms. The SMILES string of the molecule is CC(/C=C/c1ccccc1)=C\[C@H](O)[C@H]1CC(=O)N[C@@H](CO)C(=O)N[C@@H]2C[n+]3cc(n([C@H]4OC[C@@H](O)[C@@H](O)[C@@H]4O)c3)C[C@H](NC(=O)CCC[C@@H](C(=O)O)NC(=O)[C@H](O)CNC(=O)[C@H]([C@@H](C)c3ccc(Br)cc3)NC(=O)[C@H]([C@@H](O)C(N)=O)NC(=O)[C@H](CC(N)=O)NC2=O)C(=O)N[C@@H]([C@H](C)O)C(=O)N[C@@H](CO)C(=O)N[C@@H](Cc2ccccc2)C(=O)N1. The Balaban J connectivity index is 1.43. The molecule has 1 saturated heterocycles. The molecule has 0 radical (unpaired) electrons. The third-order valence-electron chi connectivity index (χ3n) is 19.3. The number of primary amides is 2. The Hall–Kier alpha value is -11.5. The minimum absolute atomic E-state index is 0.295. The molecule has 0 unspecified atom stereocenters. The number of aliphatic hydroxyl groups excluding tert-OH is 9. The first-order chi connectivity index (χ1) is 55.9. The van der Waals surface area contributed by atoms with Crippen molar-refractivity contribution >= 4 is 111 Å². The van der Waals surface area contributed by atoms with Gasteiger partial charge in [0.2, 0.25) is 89.3 Å². The number of nitrogens with zero attached hydrogens (tertiary/aromatic N) is 2. The van der Waals surface area contributed by atoms with Crippen molar-refractivity contribution in [3.8, 4) is 0 Å². The zero-order chi connectivity index (χ0) is 86.9. The Labute approximate surface area is 681 Å². The number of nitrogens with one attached hydrogen (secondary N) is 12. The van der Waals surface area contributed by atoms with Crippen molar-refractivity contribution in [1.29, 1.82) is 0 Å². The van der Waals surface area contributed by atoms with Gasteiger partial charge in [0.1, 0.15) is 103 Å². The van der Waals surface area contributed by atoms with E-state index in [4.69, 9.17) is 16.2 Å². The van der Waals surface area contributed by atoms with Crippen molar-refractivity contribution in [3.63, 3.8) is 0 Å². The summed E-state index contributed by atoms with van der Waals surface area (Å²) < 4.78 is 8.30. The van der Waals surface area contributed by atoms with Crippen molar-refractivity contribution in [1.82, 2.24) is 68.4 Å². The molecule has 3 aliphatic rings. The van der Waals surface area contributed by atoms with Crippen molar-refractivity contribution in [2.24, 2.45) is 11.5 Å². The van der Waals surface area contributed by atoms with Crippen LogP contribution in [0.3, 0.4) is 0 Å². The number of hydrogen-bond donors (Lipinski definition) is 24. The third-order valence-corrected chi connectivity index (χ3v) is 19.8. The van der Waals surface area contributed by atoms with Gasteiger partial charge in [-0.2, -0.15) is 0 Å². The molecule has 3 aromatic carbocycles. The number of aromatic nitrogens is 2. The lowest BCUT2D eigenvalue weighted by molar-refractivity contribution is -0.697. The lowest BCUT2D eigenvalue weighted by Gasteiger charge is -2.33. The highest BCUT2D eigenvalue weighted by molar-refractivity contribution is 9.10. The number of allylic oxidation sites excluding steroid dienone is 2. The van der Waals surface area contributed by atoms with Gasteiger partial charge in [0.15, 0.2) is 6.10 Å². The maximum Gasteiger partial charge on any atom is 0.326 e. The number of benzene rings is 3. The molecule has 3 aliphatic heterocycles. The molecule has 0 saturated carbocycles. The monoisotopic (exact) mass is 1720 g/mol. The molecule has 4 aromatic rings. The molecule has 20 atom stereocenters. The van der Waals surface area contributed by atoms with Gasteiger partial charge in [-0.3, -0.25) is 67.1 Å².